The lowest BCUT2D eigenvalue weighted by Crippen LogP contribution is -2.40. The molecule has 0 spiro atoms. The Bertz CT molecular complexity index is 1220. The van der Waals surface area contributed by atoms with Crippen LogP contribution in [0.5, 0.6) is 5.75 Å². The molecule has 1 heterocycles. The molecule has 0 saturated carbocycles. The molecule has 3 nitrogen and oxygen atoms in total. The van der Waals surface area contributed by atoms with Gasteiger partial charge < -0.3 is 9.84 Å². The molecule has 2 atom stereocenters. The molecule has 1 aliphatic heterocycles. The minimum atomic E-state index is -5.45. The Labute approximate surface area is 170 Å². The van der Waals surface area contributed by atoms with E-state index in [1.165, 1.54) is 0 Å². The van der Waals surface area contributed by atoms with Crippen LogP contribution in [0.25, 0.3) is 6.08 Å². The van der Waals surface area contributed by atoms with Crippen molar-refractivity contribution in [1.29, 1.82) is 0 Å². The first-order valence-electron chi connectivity index (χ1n) is 13.9. The predicted molar refractivity (Wildman–Crippen MR) is 90.1 cm³/mol. The number of benzene rings is 1. The van der Waals surface area contributed by atoms with Gasteiger partial charge in [-0.1, -0.05) is 44.4 Å². The van der Waals surface area contributed by atoms with E-state index in [1.807, 2.05) is 0 Å². The number of rotatable bonds is 6. The standard InChI is InChI=1S/C18H20ClF3O3/c1-3-4-5-6-10(2)13-9-12(19)7-11-8-14(17(23)24)16(18(20,21)22)25-15(11)13/h7-10,16H,3-6H2,1-2H3,(H,23,24)/i1D3,2D3,3D2,4D2,5D2,6D2,10D. The molecule has 0 saturated heterocycles. The van der Waals surface area contributed by atoms with Crippen molar-refractivity contribution in [3.05, 3.63) is 33.9 Å². The fourth-order valence-corrected chi connectivity index (χ4v) is 2.30. The number of carboxylic acid groups (broad SMARTS) is 1. The summed E-state index contributed by atoms with van der Waals surface area (Å²) >= 11 is 5.93. The van der Waals surface area contributed by atoms with Gasteiger partial charge in [-0.2, -0.15) is 13.2 Å². The van der Waals surface area contributed by atoms with E-state index in [0.717, 1.165) is 6.07 Å². The fourth-order valence-electron chi connectivity index (χ4n) is 2.07. The maximum Gasteiger partial charge on any atom is 0.430 e. The van der Waals surface area contributed by atoms with Crippen molar-refractivity contribution < 1.29 is 48.4 Å². The second kappa shape index (κ2) is 7.68. The Morgan fingerprint density at radius 2 is 2.28 bits per heavy atom. The molecular weight excluding hydrogens is 357 g/mol. The number of carboxylic acids is 1. The topological polar surface area (TPSA) is 46.5 Å². The van der Waals surface area contributed by atoms with Gasteiger partial charge in [0, 0.05) is 31.1 Å². The highest BCUT2D eigenvalue weighted by molar-refractivity contribution is 6.31. The number of aliphatic carboxylic acids is 1. The lowest BCUT2D eigenvalue weighted by atomic mass is 9.90. The summed E-state index contributed by atoms with van der Waals surface area (Å²) in [4.78, 5) is 11.5. The predicted octanol–water partition coefficient (Wildman–Crippen LogP) is 5.82. The number of fused-ring (bicyclic) bond motifs is 1. The van der Waals surface area contributed by atoms with E-state index in [9.17, 15) is 23.1 Å². The summed E-state index contributed by atoms with van der Waals surface area (Å²) in [7, 11) is 0. The Hall–Kier alpha value is -1.69. The summed E-state index contributed by atoms with van der Waals surface area (Å²) in [6.45, 7) is -8.06. The summed E-state index contributed by atoms with van der Waals surface area (Å²) in [5, 5.41) is 8.64. The summed E-state index contributed by atoms with van der Waals surface area (Å²) in [5.74, 6) is -7.54. The van der Waals surface area contributed by atoms with E-state index >= 15 is 0 Å². The van der Waals surface area contributed by atoms with Crippen LogP contribution in [0.1, 0.15) is 76.8 Å². The summed E-state index contributed by atoms with van der Waals surface area (Å²) in [6, 6.07) is 1.21. The molecule has 1 N–H and O–H groups in total. The van der Waals surface area contributed by atoms with Crippen LogP contribution in [0.3, 0.4) is 0 Å². The monoisotopic (exact) mass is 391 g/mol. The van der Waals surface area contributed by atoms with Gasteiger partial charge >= 0.3 is 12.1 Å². The Kier molecular flexibility index (Phi) is 2.31. The van der Waals surface area contributed by atoms with Crippen molar-refractivity contribution in [2.75, 3.05) is 0 Å². The maximum absolute atomic E-state index is 13.7. The minimum absolute atomic E-state index is 0.366. The van der Waals surface area contributed by atoms with Gasteiger partial charge in [0.1, 0.15) is 5.75 Å². The van der Waals surface area contributed by atoms with Crippen LogP contribution in [0.15, 0.2) is 17.7 Å². The lowest BCUT2D eigenvalue weighted by Gasteiger charge is -2.30. The zero-order chi connectivity index (χ0) is 31.9. The molecule has 2 unspecified atom stereocenters. The van der Waals surface area contributed by atoms with E-state index in [-0.39, 0.29) is 0 Å². The highest BCUT2D eigenvalue weighted by Crippen LogP contribution is 2.43. The van der Waals surface area contributed by atoms with Crippen molar-refractivity contribution in [2.24, 2.45) is 0 Å². The van der Waals surface area contributed by atoms with Crippen molar-refractivity contribution in [1.82, 2.24) is 0 Å². The Morgan fingerprint density at radius 1 is 1.52 bits per heavy atom. The SMILES string of the molecule is [2H]C([2H])([2H])C([2H])([2H])C([2H])([2H])C([2H])([2H])C([2H])([2H])C([2H])(c1cc(Cl)cc2c1OC(C(F)(F)F)C(C(=O)O)=C2)C([2H])([2H])[2H]. The lowest BCUT2D eigenvalue weighted by molar-refractivity contribution is -0.187. The molecule has 0 aromatic heterocycles. The minimum Gasteiger partial charge on any atom is -0.478 e. The fraction of sp³-hybridized carbons (Fsp3) is 0.500. The Balaban J connectivity index is 3.04. The molecule has 0 amide bonds. The molecule has 1 aromatic rings. The van der Waals surface area contributed by atoms with Crippen LogP contribution in [-0.2, 0) is 4.79 Å². The highest BCUT2D eigenvalue weighted by Gasteiger charge is 2.48. The number of ether oxygens (including phenoxy) is 1. The maximum atomic E-state index is 13.7. The average Bonchev–Trinajstić information content (AvgIpc) is 2.74. The molecule has 7 heteroatoms. The number of carbonyl (C=O) groups is 1. The molecule has 0 aliphatic carbocycles. The number of alkyl halides is 3. The van der Waals surface area contributed by atoms with Gasteiger partial charge in [0.25, 0.3) is 0 Å². The van der Waals surface area contributed by atoms with Crippen molar-refractivity contribution in [3.8, 4) is 5.75 Å². The van der Waals surface area contributed by atoms with E-state index in [0.29, 0.717) is 12.1 Å². The van der Waals surface area contributed by atoms with E-state index in [1.54, 1.807) is 0 Å². The normalized spacial score (nSPS) is 31.6. The third-order valence-corrected chi connectivity index (χ3v) is 3.26. The zero-order valence-electron chi connectivity index (χ0n) is 27.1. The smallest absolute Gasteiger partial charge is 0.430 e. The first kappa shape index (κ1) is 7.51. The number of hydrogen-bond acceptors (Lipinski definition) is 2. The number of hydrogen-bond donors (Lipinski definition) is 1. The van der Waals surface area contributed by atoms with Crippen LogP contribution >= 0.6 is 11.6 Å². The first-order valence-corrected chi connectivity index (χ1v) is 6.81. The van der Waals surface area contributed by atoms with Gasteiger partial charge in [0.2, 0.25) is 6.10 Å². The van der Waals surface area contributed by atoms with Gasteiger partial charge in [-0.05, 0) is 36.0 Å². The molecule has 0 fully saturated rings. The van der Waals surface area contributed by atoms with Crippen molar-refractivity contribution in [3.63, 3.8) is 0 Å². The van der Waals surface area contributed by atoms with Gasteiger partial charge in [-0.25, -0.2) is 4.79 Å². The largest absolute Gasteiger partial charge is 0.478 e. The van der Waals surface area contributed by atoms with Crippen molar-refractivity contribution in [2.45, 2.75) is 57.4 Å². The van der Waals surface area contributed by atoms with E-state index < -0.39 is 90.8 Å². The first-order chi connectivity index (χ1) is 17.4. The van der Waals surface area contributed by atoms with Crippen LogP contribution in [0.2, 0.25) is 5.02 Å². The Morgan fingerprint density at radius 3 is 2.88 bits per heavy atom. The summed E-state index contributed by atoms with van der Waals surface area (Å²) in [5.41, 5.74) is -3.49. The van der Waals surface area contributed by atoms with Crippen LogP contribution in [0, 0.1) is 0 Å². The van der Waals surface area contributed by atoms with E-state index in [4.69, 9.17) is 36.9 Å². The molecular formula is C18H20ClF3O3. The molecule has 1 aromatic carbocycles. The molecule has 25 heavy (non-hydrogen) atoms. The summed E-state index contributed by atoms with van der Waals surface area (Å²) < 4.78 is 165. The molecule has 0 bridgehead atoms. The summed E-state index contributed by atoms with van der Waals surface area (Å²) in [6.07, 6.45) is -26.0. The molecule has 2 rings (SSSR count). The third kappa shape index (κ3) is 4.48. The third-order valence-electron chi connectivity index (χ3n) is 3.04. The second-order valence-electron chi connectivity index (χ2n) is 4.69. The number of halogens is 4. The molecule has 0 radical (unpaired) electrons. The van der Waals surface area contributed by atoms with Gasteiger partial charge in [0.05, 0.1) is 5.57 Å². The second-order valence-corrected chi connectivity index (χ2v) is 5.13. The van der Waals surface area contributed by atoms with Crippen LogP contribution in [0.4, 0.5) is 13.2 Å². The molecule has 138 valence electrons. The van der Waals surface area contributed by atoms with Gasteiger partial charge in [-0.3, -0.25) is 0 Å². The zero-order valence-corrected chi connectivity index (χ0v) is 12.8. The average molecular weight is 392 g/mol. The molecule has 1 aliphatic rings. The van der Waals surface area contributed by atoms with Crippen LogP contribution < -0.4 is 4.74 Å². The quantitative estimate of drug-likeness (QED) is 0.665. The van der Waals surface area contributed by atoms with E-state index in [2.05, 4.69) is 0 Å². The van der Waals surface area contributed by atoms with Crippen LogP contribution in [-0.4, -0.2) is 23.4 Å². The van der Waals surface area contributed by atoms with Gasteiger partial charge in [-0.15, -0.1) is 0 Å². The van der Waals surface area contributed by atoms with Gasteiger partial charge in [0.15, 0.2) is 0 Å². The highest BCUT2D eigenvalue weighted by atomic mass is 35.5. The van der Waals surface area contributed by atoms with Crippen molar-refractivity contribution >= 4 is 23.6 Å².